The van der Waals surface area contributed by atoms with Gasteiger partial charge >= 0.3 is 0 Å². The van der Waals surface area contributed by atoms with Crippen molar-refractivity contribution in [2.24, 2.45) is 5.90 Å². The zero-order chi connectivity index (χ0) is 4.28. The van der Waals surface area contributed by atoms with Gasteiger partial charge in [-0.25, -0.2) is 5.90 Å². The first-order valence-electron chi connectivity index (χ1n) is 0.948. The van der Waals surface area contributed by atoms with E-state index in [2.05, 4.69) is 10.7 Å². The van der Waals surface area contributed by atoms with Crippen LogP contribution < -0.4 is 5.90 Å². The average Bonchev–Trinajstić information content (AvgIpc) is 1.38. The smallest absolute Gasteiger partial charge is 0.226 e. The Hall–Kier alpha value is 0.610. The van der Waals surface area contributed by atoms with Gasteiger partial charge in [-0.05, 0) is 22.6 Å². The summed E-state index contributed by atoms with van der Waals surface area (Å²) in [5.41, 5.74) is 0. The molecular formula is CH4INO2. The fraction of sp³-hybridized carbons (Fsp3) is 1.00. The summed E-state index contributed by atoms with van der Waals surface area (Å²) < 4.78 is -0.868. The number of halogens is 1. The number of hydrogen-bond acceptors (Lipinski definition) is 3. The minimum absolute atomic E-state index is 0.868. The SMILES string of the molecule is NOC(O)I. The predicted octanol–water partition coefficient (Wildman–Crippen LogP) is -0.412. The van der Waals surface area contributed by atoms with Gasteiger partial charge in [-0.3, -0.25) is 4.84 Å². The van der Waals surface area contributed by atoms with E-state index in [1.807, 2.05) is 0 Å². The van der Waals surface area contributed by atoms with E-state index in [0.717, 1.165) is 0 Å². The summed E-state index contributed by atoms with van der Waals surface area (Å²) in [4.78, 5) is 3.79. The maximum Gasteiger partial charge on any atom is 0.226 e. The maximum absolute atomic E-state index is 8.00. The highest BCUT2D eigenvalue weighted by Crippen LogP contribution is 1.88. The molecule has 0 spiro atoms. The Morgan fingerprint density at radius 1 is 2.00 bits per heavy atom. The summed E-state index contributed by atoms with van der Waals surface area (Å²) in [7, 11) is 0. The molecule has 0 aromatic heterocycles. The zero-order valence-corrected chi connectivity index (χ0v) is 4.55. The van der Waals surface area contributed by atoms with Crippen LogP contribution in [0.2, 0.25) is 0 Å². The molecule has 0 heterocycles. The van der Waals surface area contributed by atoms with Gasteiger partial charge < -0.3 is 5.11 Å². The molecule has 3 N–H and O–H groups in total. The van der Waals surface area contributed by atoms with Crippen LogP contribution in [0.3, 0.4) is 0 Å². The van der Waals surface area contributed by atoms with E-state index >= 15 is 0 Å². The van der Waals surface area contributed by atoms with Crippen LogP contribution >= 0.6 is 22.6 Å². The molecular weight excluding hydrogens is 185 g/mol. The van der Waals surface area contributed by atoms with E-state index in [0.29, 0.717) is 0 Å². The van der Waals surface area contributed by atoms with Gasteiger partial charge in [0.1, 0.15) is 0 Å². The van der Waals surface area contributed by atoms with Crippen molar-refractivity contribution in [3.8, 4) is 0 Å². The van der Waals surface area contributed by atoms with Gasteiger partial charge in [0, 0.05) is 0 Å². The van der Waals surface area contributed by atoms with Crippen molar-refractivity contribution in [1.82, 2.24) is 0 Å². The summed E-state index contributed by atoms with van der Waals surface area (Å²) in [6.45, 7) is 0. The van der Waals surface area contributed by atoms with E-state index in [-0.39, 0.29) is 0 Å². The quantitative estimate of drug-likeness (QED) is 0.255. The Morgan fingerprint density at radius 2 is 2.20 bits per heavy atom. The van der Waals surface area contributed by atoms with E-state index in [1.54, 1.807) is 22.6 Å². The standard InChI is InChI=1S/CH4INO2/c2-1(4)5-3/h1,4H,3H2. The third-order valence-corrected chi connectivity index (χ3v) is 0.406. The van der Waals surface area contributed by atoms with Crippen LogP contribution in [0.4, 0.5) is 0 Å². The maximum atomic E-state index is 8.00. The lowest BCUT2D eigenvalue weighted by molar-refractivity contribution is -0.0203. The summed E-state index contributed by atoms with van der Waals surface area (Å²) in [6, 6.07) is 0. The van der Waals surface area contributed by atoms with Gasteiger partial charge in [-0.15, -0.1) is 0 Å². The fourth-order valence-corrected chi connectivity index (χ4v) is 0. The molecule has 0 saturated carbocycles. The van der Waals surface area contributed by atoms with Gasteiger partial charge in [0.2, 0.25) is 4.30 Å². The van der Waals surface area contributed by atoms with Crippen molar-refractivity contribution < 1.29 is 9.94 Å². The van der Waals surface area contributed by atoms with Crippen LogP contribution in [-0.4, -0.2) is 9.40 Å². The highest BCUT2D eigenvalue weighted by atomic mass is 127. The third-order valence-electron chi connectivity index (χ3n) is 0.112. The monoisotopic (exact) mass is 189 g/mol. The van der Waals surface area contributed by atoms with Gasteiger partial charge in [-0.2, -0.15) is 0 Å². The first-order chi connectivity index (χ1) is 2.27. The first-order valence-corrected chi connectivity index (χ1v) is 2.19. The summed E-state index contributed by atoms with van der Waals surface area (Å²) >= 11 is 1.61. The Bertz CT molecular complexity index is 23.6. The molecule has 0 aromatic carbocycles. The molecule has 1 atom stereocenters. The second kappa shape index (κ2) is 2.83. The second-order valence-corrected chi connectivity index (χ2v) is 1.49. The molecule has 0 fully saturated rings. The molecule has 0 rings (SSSR count). The largest absolute Gasteiger partial charge is 0.359 e. The normalized spacial score (nSPS) is 15.0. The topological polar surface area (TPSA) is 55.5 Å². The van der Waals surface area contributed by atoms with Crippen molar-refractivity contribution in [2.45, 2.75) is 4.30 Å². The molecule has 0 aliphatic carbocycles. The van der Waals surface area contributed by atoms with Gasteiger partial charge in [0.25, 0.3) is 0 Å². The van der Waals surface area contributed by atoms with E-state index in [9.17, 15) is 0 Å². The lowest BCUT2D eigenvalue weighted by Crippen LogP contribution is -2.07. The van der Waals surface area contributed by atoms with Crippen molar-refractivity contribution in [1.29, 1.82) is 0 Å². The van der Waals surface area contributed by atoms with Gasteiger partial charge in [-0.1, -0.05) is 0 Å². The molecule has 0 aromatic rings. The van der Waals surface area contributed by atoms with Crippen molar-refractivity contribution >= 4 is 22.6 Å². The molecule has 5 heavy (non-hydrogen) atoms. The van der Waals surface area contributed by atoms with Gasteiger partial charge in [0.15, 0.2) is 0 Å². The lowest BCUT2D eigenvalue weighted by Gasteiger charge is -1.90. The van der Waals surface area contributed by atoms with Crippen LogP contribution in [0.5, 0.6) is 0 Å². The highest BCUT2D eigenvalue weighted by molar-refractivity contribution is 14.1. The highest BCUT2D eigenvalue weighted by Gasteiger charge is 1.84. The summed E-state index contributed by atoms with van der Waals surface area (Å²) in [5.74, 6) is 4.41. The fourth-order valence-electron chi connectivity index (χ4n) is 0. The van der Waals surface area contributed by atoms with Crippen LogP contribution in [0.25, 0.3) is 0 Å². The third kappa shape index (κ3) is 4.61. The van der Waals surface area contributed by atoms with Crippen molar-refractivity contribution in [3.05, 3.63) is 0 Å². The van der Waals surface area contributed by atoms with Crippen LogP contribution in [0, 0.1) is 0 Å². The van der Waals surface area contributed by atoms with Crippen LogP contribution in [0.1, 0.15) is 0 Å². The van der Waals surface area contributed by atoms with Crippen LogP contribution in [-0.2, 0) is 4.84 Å². The molecule has 4 heteroatoms. The molecule has 3 nitrogen and oxygen atoms in total. The lowest BCUT2D eigenvalue weighted by atomic mass is 11.5. The number of hydrogen-bond donors (Lipinski definition) is 2. The number of alkyl halides is 1. The van der Waals surface area contributed by atoms with Crippen LogP contribution in [0.15, 0.2) is 0 Å². The number of aliphatic hydroxyl groups excluding tert-OH is 1. The van der Waals surface area contributed by atoms with Gasteiger partial charge in [0.05, 0.1) is 0 Å². The number of nitrogens with two attached hydrogens (primary N) is 1. The van der Waals surface area contributed by atoms with E-state index < -0.39 is 4.30 Å². The molecule has 0 amide bonds. The molecule has 0 bridgehead atoms. The molecule has 0 aliphatic heterocycles. The molecule has 1 unspecified atom stereocenters. The Balaban J connectivity index is 2.54. The minimum atomic E-state index is -0.868. The Labute approximate surface area is 43.2 Å². The Morgan fingerprint density at radius 3 is 2.20 bits per heavy atom. The predicted molar refractivity (Wildman–Crippen MR) is 25.3 cm³/mol. The zero-order valence-electron chi connectivity index (χ0n) is 2.39. The van der Waals surface area contributed by atoms with E-state index in [1.165, 1.54) is 0 Å². The number of aliphatic hydroxyl groups is 1. The number of rotatable bonds is 1. The van der Waals surface area contributed by atoms with Crippen molar-refractivity contribution in [3.63, 3.8) is 0 Å². The molecule has 32 valence electrons. The molecule has 0 aliphatic rings. The minimum Gasteiger partial charge on any atom is -0.359 e. The second-order valence-electron chi connectivity index (χ2n) is 0.428. The summed E-state index contributed by atoms with van der Waals surface area (Å²) in [5, 5.41) is 8.00. The first kappa shape index (κ1) is 5.61. The Kier molecular flexibility index (Phi) is 3.17. The van der Waals surface area contributed by atoms with E-state index in [4.69, 9.17) is 5.11 Å². The summed E-state index contributed by atoms with van der Waals surface area (Å²) in [6.07, 6.45) is 0. The van der Waals surface area contributed by atoms with Crippen molar-refractivity contribution in [2.75, 3.05) is 0 Å². The average molecular weight is 189 g/mol. The molecule has 0 radical (unpaired) electrons. The molecule has 0 saturated heterocycles.